The van der Waals surface area contributed by atoms with Crippen molar-refractivity contribution < 1.29 is 23.1 Å². The summed E-state index contributed by atoms with van der Waals surface area (Å²) in [7, 11) is 1.74. The Balaban J connectivity index is 1.32. The van der Waals surface area contributed by atoms with Crippen molar-refractivity contribution in [2.45, 2.75) is 37.5 Å². The lowest BCUT2D eigenvalue weighted by atomic mass is 9.81. The van der Waals surface area contributed by atoms with Crippen molar-refractivity contribution in [1.82, 2.24) is 14.7 Å². The van der Waals surface area contributed by atoms with Crippen molar-refractivity contribution >= 4 is 23.6 Å². The molecular weight excluding hydrogens is 473 g/mol. The van der Waals surface area contributed by atoms with Gasteiger partial charge in [-0.1, -0.05) is 0 Å². The number of carbonyl (C=O) groups is 1. The smallest absolute Gasteiger partial charge is 0.396 e. The number of likely N-dealkylation sites (tertiary alicyclic amines) is 1. The number of halogens is 3. The molecule has 0 bridgehead atoms. The predicted octanol–water partition coefficient (Wildman–Crippen LogP) is 3.32. The fourth-order valence-corrected chi connectivity index (χ4v) is 6.14. The monoisotopic (exact) mass is 504 g/mol. The zero-order valence-corrected chi connectivity index (χ0v) is 20.0. The maximum atomic E-state index is 12.9. The molecule has 0 radical (unpaired) electrons. The van der Waals surface area contributed by atoms with Crippen LogP contribution in [0, 0.1) is 23.7 Å². The molecule has 1 saturated heterocycles. The summed E-state index contributed by atoms with van der Waals surface area (Å²) < 4.78 is 40.4. The van der Waals surface area contributed by atoms with Gasteiger partial charge in [0.2, 0.25) is 0 Å². The number of aliphatic hydroxyl groups excluding tert-OH is 1. The molecule has 1 amide bonds. The zero-order valence-electron chi connectivity index (χ0n) is 20.0. The van der Waals surface area contributed by atoms with E-state index in [9.17, 15) is 23.1 Å². The van der Waals surface area contributed by atoms with Crippen molar-refractivity contribution in [3.63, 3.8) is 0 Å². The molecule has 3 aliphatic rings. The highest BCUT2D eigenvalue weighted by Crippen LogP contribution is 2.53. The third-order valence-corrected chi connectivity index (χ3v) is 8.11. The number of fused-ring (bicyclic) bond motifs is 1. The van der Waals surface area contributed by atoms with Gasteiger partial charge in [-0.2, -0.15) is 18.3 Å². The van der Waals surface area contributed by atoms with Crippen LogP contribution in [0.15, 0.2) is 35.5 Å². The molecule has 1 aliphatic heterocycles. The van der Waals surface area contributed by atoms with Gasteiger partial charge in [0.1, 0.15) is 5.56 Å². The van der Waals surface area contributed by atoms with Crippen LogP contribution in [-0.2, 0) is 6.18 Å². The van der Waals surface area contributed by atoms with E-state index in [0.717, 1.165) is 44.5 Å². The molecule has 5 unspecified atom stereocenters. The van der Waals surface area contributed by atoms with Gasteiger partial charge in [0, 0.05) is 56.8 Å². The molecule has 5 atom stereocenters. The summed E-state index contributed by atoms with van der Waals surface area (Å²) in [4.78, 5) is 19.0. The minimum Gasteiger partial charge on any atom is -0.396 e. The summed E-state index contributed by atoms with van der Waals surface area (Å²) in [6, 6.07) is 4.96. The number of nitrogens with one attached hydrogen (secondary N) is 1. The van der Waals surface area contributed by atoms with Crippen molar-refractivity contribution in [2.75, 3.05) is 32.1 Å². The lowest BCUT2D eigenvalue weighted by molar-refractivity contribution is -0.137. The summed E-state index contributed by atoms with van der Waals surface area (Å²) in [5, 5.41) is 17.0. The third kappa shape index (κ3) is 4.73. The predicted molar refractivity (Wildman–Crippen MR) is 129 cm³/mol. The normalized spacial score (nSPS) is 30.5. The van der Waals surface area contributed by atoms with Gasteiger partial charge < -0.3 is 21.1 Å². The molecule has 2 aromatic rings. The van der Waals surface area contributed by atoms with Crippen molar-refractivity contribution in [3.05, 3.63) is 41.6 Å². The number of amides is 1. The zero-order chi connectivity index (χ0) is 25.6. The number of aliphatic imine (C=N–C) groups is 1. The summed E-state index contributed by atoms with van der Waals surface area (Å²) >= 11 is 0. The number of hydrogen-bond donors (Lipinski definition) is 3. The van der Waals surface area contributed by atoms with Crippen LogP contribution in [0.1, 0.15) is 41.2 Å². The number of aromatic nitrogens is 2. The van der Waals surface area contributed by atoms with E-state index in [2.05, 4.69) is 20.3 Å². The Labute approximate surface area is 207 Å². The lowest BCUT2D eigenvalue weighted by Crippen LogP contribution is -2.42. The van der Waals surface area contributed by atoms with Crippen LogP contribution in [0.25, 0.3) is 0 Å². The minimum atomic E-state index is -4.43. The Morgan fingerprint density at radius 2 is 1.94 bits per heavy atom. The quantitative estimate of drug-likeness (QED) is 0.502. The first-order valence-electron chi connectivity index (χ1n) is 12.3. The molecule has 2 aliphatic carbocycles. The Morgan fingerprint density at radius 3 is 2.53 bits per heavy atom. The van der Waals surface area contributed by atoms with Gasteiger partial charge in [0.05, 0.1) is 11.6 Å². The molecule has 0 spiro atoms. The van der Waals surface area contributed by atoms with Crippen LogP contribution in [0.4, 0.5) is 24.7 Å². The highest BCUT2D eigenvalue weighted by molar-refractivity contribution is 5.98. The number of benzene rings is 1. The maximum Gasteiger partial charge on any atom is 0.416 e. The standard InChI is InChI=1S/C25H31F3N6O2/c1-30-9-14-8-17(33-10-18-19(11-33)21(18)13-35)6-7-22(14)34-12-20(23(29)36)24(32-34)31-16-4-2-15(3-5-16)25(26,27)28/h2-5,9,12,14,17-19,21-22,35H,6-8,10-11,13H2,1H3,(H2,29,36)(H,31,32). The number of piperidine rings is 1. The van der Waals surface area contributed by atoms with E-state index >= 15 is 0 Å². The van der Waals surface area contributed by atoms with Crippen LogP contribution in [-0.4, -0.2) is 64.7 Å². The van der Waals surface area contributed by atoms with E-state index in [-0.39, 0.29) is 29.9 Å². The Morgan fingerprint density at radius 1 is 1.25 bits per heavy atom. The van der Waals surface area contributed by atoms with E-state index < -0.39 is 17.6 Å². The van der Waals surface area contributed by atoms with Crippen LogP contribution in [0.5, 0.6) is 0 Å². The molecule has 2 heterocycles. The Bertz CT molecular complexity index is 1120. The summed E-state index contributed by atoms with van der Waals surface area (Å²) in [6.07, 6.45) is 1.87. The number of nitrogens with zero attached hydrogens (tertiary/aromatic N) is 4. The highest BCUT2D eigenvalue weighted by atomic mass is 19.4. The van der Waals surface area contributed by atoms with E-state index in [1.807, 2.05) is 6.21 Å². The Hall–Kier alpha value is -2.92. The molecule has 2 saturated carbocycles. The van der Waals surface area contributed by atoms with Gasteiger partial charge >= 0.3 is 6.18 Å². The van der Waals surface area contributed by atoms with Gasteiger partial charge in [0.15, 0.2) is 5.82 Å². The molecule has 194 valence electrons. The highest BCUT2D eigenvalue weighted by Gasteiger charge is 2.56. The molecule has 11 heteroatoms. The fraction of sp³-hybridized carbons (Fsp3) is 0.560. The second kappa shape index (κ2) is 9.51. The second-order valence-corrected chi connectivity index (χ2v) is 10.2. The summed E-state index contributed by atoms with van der Waals surface area (Å²) in [5.74, 6) is 1.37. The van der Waals surface area contributed by atoms with Crippen molar-refractivity contribution in [3.8, 4) is 0 Å². The van der Waals surface area contributed by atoms with E-state index in [0.29, 0.717) is 29.5 Å². The van der Waals surface area contributed by atoms with Crippen LogP contribution in [0.3, 0.4) is 0 Å². The number of anilines is 2. The van der Waals surface area contributed by atoms with Crippen LogP contribution < -0.4 is 11.1 Å². The third-order valence-electron chi connectivity index (χ3n) is 8.11. The maximum absolute atomic E-state index is 12.9. The van der Waals surface area contributed by atoms with E-state index in [1.165, 1.54) is 12.1 Å². The number of rotatable bonds is 7. The lowest BCUT2D eigenvalue weighted by Gasteiger charge is -2.39. The average Bonchev–Trinajstić information content (AvgIpc) is 3.14. The first-order chi connectivity index (χ1) is 17.2. The van der Waals surface area contributed by atoms with Gasteiger partial charge in [-0.05, 0) is 61.3 Å². The fourth-order valence-electron chi connectivity index (χ4n) is 6.14. The first-order valence-corrected chi connectivity index (χ1v) is 12.3. The van der Waals surface area contributed by atoms with E-state index in [1.54, 1.807) is 17.9 Å². The van der Waals surface area contributed by atoms with Crippen LogP contribution >= 0.6 is 0 Å². The molecule has 8 nitrogen and oxygen atoms in total. The summed E-state index contributed by atoms with van der Waals surface area (Å²) in [6.45, 7) is 2.36. The number of aliphatic hydroxyl groups is 1. The van der Waals surface area contributed by atoms with Gasteiger partial charge in [-0.15, -0.1) is 0 Å². The number of carbonyl (C=O) groups excluding carboxylic acids is 1. The van der Waals surface area contributed by atoms with Gasteiger partial charge in [-0.3, -0.25) is 14.4 Å². The Kier molecular flexibility index (Phi) is 6.54. The molecule has 1 aromatic carbocycles. The topological polar surface area (TPSA) is 109 Å². The molecule has 5 rings (SSSR count). The molecule has 1 aromatic heterocycles. The molecular formula is C25H31F3N6O2. The van der Waals surface area contributed by atoms with Gasteiger partial charge in [0.25, 0.3) is 5.91 Å². The van der Waals surface area contributed by atoms with Gasteiger partial charge in [-0.25, -0.2) is 0 Å². The molecule has 4 N–H and O–H groups in total. The van der Waals surface area contributed by atoms with E-state index in [4.69, 9.17) is 5.73 Å². The number of primary amides is 1. The largest absolute Gasteiger partial charge is 0.416 e. The number of alkyl halides is 3. The number of hydrogen-bond acceptors (Lipinski definition) is 6. The second-order valence-electron chi connectivity index (χ2n) is 10.2. The van der Waals surface area contributed by atoms with Crippen molar-refractivity contribution in [2.24, 2.45) is 34.4 Å². The first kappa shape index (κ1) is 24.8. The minimum absolute atomic E-state index is 0.0199. The average molecular weight is 505 g/mol. The number of nitrogens with two attached hydrogens (primary N) is 1. The van der Waals surface area contributed by atoms with Crippen LogP contribution in [0.2, 0.25) is 0 Å². The molecule has 3 fully saturated rings. The SMILES string of the molecule is CN=CC1CC(N2CC3C(CO)C3C2)CCC1n1cc(C(N)=O)c(Nc2ccc(C(F)(F)F)cc2)n1. The van der Waals surface area contributed by atoms with Crippen molar-refractivity contribution in [1.29, 1.82) is 0 Å². The summed E-state index contributed by atoms with van der Waals surface area (Å²) in [5.41, 5.74) is 5.40. The molecule has 36 heavy (non-hydrogen) atoms.